The highest BCUT2D eigenvalue weighted by Crippen LogP contribution is 2.22. The number of nitrogens with zero attached hydrogens (tertiary/aromatic N) is 1. The molecule has 17 heavy (non-hydrogen) atoms. The van der Waals surface area contributed by atoms with E-state index in [1.165, 1.54) is 5.56 Å². The zero-order valence-corrected chi connectivity index (χ0v) is 10.1. The second kappa shape index (κ2) is 5.46. The minimum atomic E-state index is 0.658. The number of rotatable bonds is 4. The summed E-state index contributed by atoms with van der Waals surface area (Å²) in [6, 6.07) is 11.9. The maximum absolute atomic E-state index is 5.77. The van der Waals surface area contributed by atoms with E-state index in [4.69, 9.17) is 4.74 Å². The van der Waals surface area contributed by atoms with Gasteiger partial charge < -0.3 is 10.1 Å². The smallest absolute Gasteiger partial charge is 0.223 e. The molecule has 1 aromatic carbocycles. The molecule has 0 aliphatic rings. The van der Waals surface area contributed by atoms with Crippen LogP contribution in [0.3, 0.4) is 0 Å². The lowest BCUT2D eigenvalue weighted by molar-refractivity contribution is 0.454. The number of hydrogen-bond donors (Lipinski definition) is 1. The van der Waals surface area contributed by atoms with E-state index in [2.05, 4.69) is 17.2 Å². The van der Waals surface area contributed by atoms with Crippen molar-refractivity contribution in [1.82, 2.24) is 10.3 Å². The minimum absolute atomic E-state index is 0.658. The molecule has 2 aromatic rings. The largest absolute Gasteiger partial charge is 0.439 e. The lowest BCUT2D eigenvalue weighted by atomic mass is 10.2. The third-order valence-corrected chi connectivity index (χ3v) is 2.45. The molecule has 3 nitrogen and oxygen atoms in total. The number of hydrogen-bond acceptors (Lipinski definition) is 3. The molecule has 1 aromatic heterocycles. The summed E-state index contributed by atoms with van der Waals surface area (Å²) in [5.41, 5.74) is 2.27. The van der Waals surface area contributed by atoms with E-state index in [9.17, 15) is 0 Å². The van der Waals surface area contributed by atoms with Gasteiger partial charge in [-0.3, -0.25) is 0 Å². The summed E-state index contributed by atoms with van der Waals surface area (Å²) >= 11 is 0. The van der Waals surface area contributed by atoms with Gasteiger partial charge in [0.05, 0.1) is 0 Å². The number of pyridine rings is 1. The monoisotopic (exact) mass is 228 g/mol. The quantitative estimate of drug-likeness (QED) is 0.873. The molecular weight excluding hydrogens is 212 g/mol. The van der Waals surface area contributed by atoms with Gasteiger partial charge in [-0.05, 0) is 32.2 Å². The molecule has 0 aliphatic carbocycles. The van der Waals surface area contributed by atoms with Gasteiger partial charge in [0.1, 0.15) is 5.75 Å². The zero-order chi connectivity index (χ0) is 12.1. The standard InChI is InChI=1S/C14H16N2O/c1-11-5-7-13(8-6-11)17-14-12(10-15-2)4-3-9-16-14/h3-9,15H,10H2,1-2H3. The number of ether oxygens (including phenoxy) is 1. The van der Waals surface area contributed by atoms with Crippen LogP contribution in [0.1, 0.15) is 11.1 Å². The summed E-state index contributed by atoms with van der Waals surface area (Å²) in [5.74, 6) is 1.47. The highest BCUT2D eigenvalue weighted by Gasteiger charge is 2.04. The molecule has 88 valence electrons. The molecule has 1 heterocycles. The third-order valence-electron chi connectivity index (χ3n) is 2.45. The van der Waals surface area contributed by atoms with Crippen LogP contribution in [0.2, 0.25) is 0 Å². The van der Waals surface area contributed by atoms with Gasteiger partial charge in [-0.1, -0.05) is 23.8 Å². The van der Waals surface area contributed by atoms with E-state index in [-0.39, 0.29) is 0 Å². The maximum atomic E-state index is 5.77. The van der Waals surface area contributed by atoms with Crippen molar-refractivity contribution in [1.29, 1.82) is 0 Å². The van der Waals surface area contributed by atoms with Crippen LogP contribution < -0.4 is 10.1 Å². The second-order valence-corrected chi connectivity index (χ2v) is 3.91. The van der Waals surface area contributed by atoms with Crippen molar-refractivity contribution in [3.8, 4) is 11.6 Å². The summed E-state index contributed by atoms with van der Waals surface area (Å²) in [5, 5.41) is 3.10. The molecule has 3 heteroatoms. The van der Waals surface area contributed by atoms with Gasteiger partial charge in [0.15, 0.2) is 0 Å². The Balaban J connectivity index is 2.20. The van der Waals surface area contributed by atoms with Crippen LogP contribution in [0.15, 0.2) is 42.6 Å². The Morgan fingerprint density at radius 1 is 1.18 bits per heavy atom. The molecule has 0 amide bonds. The lowest BCUT2D eigenvalue weighted by Gasteiger charge is -2.09. The molecule has 0 saturated carbocycles. The SMILES string of the molecule is CNCc1cccnc1Oc1ccc(C)cc1. The Kier molecular flexibility index (Phi) is 3.73. The van der Waals surface area contributed by atoms with E-state index >= 15 is 0 Å². The number of nitrogens with one attached hydrogen (secondary N) is 1. The predicted octanol–water partition coefficient (Wildman–Crippen LogP) is 2.90. The van der Waals surface area contributed by atoms with Gasteiger partial charge in [-0.15, -0.1) is 0 Å². The van der Waals surface area contributed by atoms with Crippen molar-refractivity contribution >= 4 is 0 Å². The lowest BCUT2D eigenvalue weighted by Crippen LogP contribution is -2.07. The number of benzene rings is 1. The first-order valence-corrected chi connectivity index (χ1v) is 5.62. The van der Waals surface area contributed by atoms with Crippen molar-refractivity contribution in [2.45, 2.75) is 13.5 Å². The Morgan fingerprint density at radius 3 is 2.65 bits per heavy atom. The van der Waals surface area contributed by atoms with Crippen LogP contribution in [-0.2, 0) is 6.54 Å². The Hall–Kier alpha value is -1.87. The fourth-order valence-electron chi connectivity index (χ4n) is 1.56. The normalized spacial score (nSPS) is 10.2. The highest BCUT2D eigenvalue weighted by atomic mass is 16.5. The molecule has 0 aliphatic heterocycles. The van der Waals surface area contributed by atoms with Crippen LogP contribution in [0, 0.1) is 6.92 Å². The Morgan fingerprint density at radius 2 is 1.94 bits per heavy atom. The van der Waals surface area contributed by atoms with E-state index in [0.29, 0.717) is 5.88 Å². The molecule has 0 bridgehead atoms. The van der Waals surface area contributed by atoms with Gasteiger partial charge in [0.25, 0.3) is 0 Å². The molecule has 1 N–H and O–H groups in total. The molecule has 0 spiro atoms. The van der Waals surface area contributed by atoms with Crippen LogP contribution in [0.4, 0.5) is 0 Å². The van der Waals surface area contributed by atoms with Gasteiger partial charge in [0.2, 0.25) is 5.88 Å². The second-order valence-electron chi connectivity index (χ2n) is 3.91. The first kappa shape index (κ1) is 11.6. The molecular formula is C14H16N2O. The fourth-order valence-corrected chi connectivity index (χ4v) is 1.56. The van der Waals surface area contributed by atoms with Crippen molar-refractivity contribution in [3.05, 3.63) is 53.7 Å². The molecule has 2 rings (SSSR count). The molecule has 0 unspecified atom stereocenters. The highest BCUT2D eigenvalue weighted by molar-refractivity contribution is 5.33. The third kappa shape index (κ3) is 3.04. The maximum Gasteiger partial charge on any atom is 0.223 e. The van der Waals surface area contributed by atoms with Crippen LogP contribution >= 0.6 is 0 Å². The van der Waals surface area contributed by atoms with Crippen molar-refractivity contribution in [2.24, 2.45) is 0 Å². The van der Waals surface area contributed by atoms with Crippen molar-refractivity contribution in [3.63, 3.8) is 0 Å². The Labute approximate surface area is 101 Å². The summed E-state index contributed by atoms with van der Waals surface area (Å²) in [6.45, 7) is 2.80. The molecule has 0 radical (unpaired) electrons. The van der Waals surface area contributed by atoms with Gasteiger partial charge in [-0.25, -0.2) is 4.98 Å². The number of aromatic nitrogens is 1. The van der Waals surface area contributed by atoms with E-state index in [1.807, 2.05) is 43.4 Å². The van der Waals surface area contributed by atoms with Gasteiger partial charge in [0, 0.05) is 18.3 Å². The Bertz CT molecular complexity index is 480. The first-order chi connectivity index (χ1) is 8.29. The summed E-state index contributed by atoms with van der Waals surface area (Å²) in [7, 11) is 1.91. The first-order valence-electron chi connectivity index (χ1n) is 5.62. The topological polar surface area (TPSA) is 34.2 Å². The van der Waals surface area contributed by atoms with E-state index < -0.39 is 0 Å². The van der Waals surface area contributed by atoms with Gasteiger partial charge >= 0.3 is 0 Å². The van der Waals surface area contributed by atoms with Crippen LogP contribution in [0.5, 0.6) is 11.6 Å². The van der Waals surface area contributed by atoms with Crippen LogP contribution in [0.25, 0.3) is 0 Å². The molecule has 0 fully saturated rings. The van der Waals surface area contributed by atoms with Crippen molar-refractivity contribution < 1.29 is 4.74 Å². The summed E-state index contributed by atoms with van der Waals surface area (Å²) < 4.78 is 5.77. The average molecular weight is 228 g/mol. The summed E-state index contributed by atoms with van der Waals surface area (Å²) in [4.78, 5) is 4.25. The van der Waals surface area contributed by atoms with E-state index in [0.717, 1.165) is 17.9 Å². The summed E-state index contributed by atoms with van der Waals surface area (Å²) in [6.07, 6.45) is 1.74. The minimum Gasteiger partial charge on any atom is -0.439 e. The van der Waals surface area contributed by atoms with Crippen LogP contribution in [-0.4, -0.2) is 12.0 Å². The van der Waals surface area contributed by atoms with E-state index in [1.54, 1.807) is 6.20 Å². The zero-order valence-electron chi connectivity index (χ0n) is 10.1. The predicted molar refractivity (Wildman–Crippen MR) is 68.3 cm³/mol. The fraction of sp³-hybridized carbons (Fsp3) is 0.214. The average Bonchev–Trinajstić information content (AvgIpc) is 2.35. The number of aryl methyl sites for hydroxylation is 1. The van der Waals surface area contributed by atoms with Crippen molar-refractivity contribution in [2.75, 3.05) is 7.05 Å². The molecule has 0 atom stereocenters. The molecule has 0 saturated heterocycles. The van der Waals surface area contributed by atoms with Gasteiger partial charge in [-0.2, -0.15) is 0 Å².